The van der Waals surface area contributed by atoms with Crippen molar-refractivity contribution in [1.82, 2.24) is 5.32 Å². The Morgan fingerprint density at radius 2 is 2.12 bits per heavy atom. The van der Waals surface area contributed by atoms with Crippen LogP contribution in [-0.4, -0.2) is 13.1 Å². The molecular weight excluding hydrogens is 201 g/mol. The highest BCUT2D eigenvalue weighted by atomic mass is 19.1. The minimum absolute atomic E-state index is 0.107. The Morgan fingerprint density at radius 3 is 2.69 bits per heavy atom. The highest BCUT2D eigenvalue weighted by Gasteiger charge is 2.36. The zero-order valence-corrected chi connectivity index (χ0v) is 10.3. The van der Waals surface area contributed by atoms with E-state index in [1.807, 2.05) is 14.0 Å². The lowest BCUT2D eigenvalue weighted by atomic mass is 9.80. The molecule has 0 saturated heterocycles. The SMILES string of the molecule is CNC1CCC(C)(c2cc(C)cc(F)c2)C1. The molecule has 2 rings (SSSR count). The molecule has 2 unspecified atom stereocenters. The van der Waals surface area contributed by atoms with Crippen LogP contribution in [0.1, 0.15) is 37.3 Å². The topological polar surface area (TPSA) is 12.0 Å². The molecule has 0 bridgehead atoms. The van der Waals surface area contributed by atoms with E-state index in [9.17, 15) is 4.39 Å². The third-order valence-corrected chi connectivity index (χ3v) is 3.89. The molecule has 1 fully saturated rings. The first-order valence-corrected chi connectivity index (χ1v) is 5.98. The van der Waals surface area contributed by atoms with Crippen molar-refractivity contribution in [2.24, 2.45) is 0 Å². The second-order valence-corrected chi connectivity index (χ2v) is 5.31. The number of nitrogens with one attached hydrogen (secondary N) is 1. The molecule has 1 aliphatic carbocycles. The van der Waals surface area contributed by atoms with E-state index in [2.05, 4.69) is 18.3 Å². The molecule has 0 radical (unpaired) electrons. The Bertz CT molecular complexity index is 368. The minimum Gasteiger partial charge on any atom is -0.317 e. The van der Waals surface area contributed by atoms with Gasteiger partial charge >= 0.3 is 0 Å². The van der Waals surface area contributed by atoms with E-state index in [0.29, 0.717) is 6.04 Å². The van der Waals surface area contributed by atoms with E-state index >= 15 is 0 Å². The molecule has 1 aromatic rings. The summed E-state index contributed by atoms with van der Waals surface area (Å²) in [6, 6.07) is 6.00. The van der Waals surface area contributed by atoms with Crippen LogP contribution in [0.5, 0.6) is 0 Å². The standard InChI is InChI=1S/C14H20FN/c1-10-6-11(8-12(15)7-10)14(2)5-4-13(9-14)16-3/h6-8,13,16H,4-5,9H2,1-3H3. The summed E-state index contributed by atoms with van der Waals surface area (Å²) in [6.07, 6.45) is 3.43. The maximum Gasteiger partial charge on any atom is 0.123 e. The molecule has 1 N–H and O–H groups in total. The van der Waals surface area contributed by atoms with Crippen molar-refractivity contribution in [1.29, 1.82) is 0 Å². The van der Waals surface area contributed by atoms with E-state index in [1.54, 1.807) is 12.1 Å². The van der Waals surface area contributed by atoms with Gasteiger partial charge in [-0.2, -0.15) is 0 Å². The summed E-state index contributed by atoms with van der Waals surface area (Å²) in [6.45, 7) is 4.21. The number of hydrogen-bond donors (Lipinski definition) is 1. The van der Waals surface area contributed by atoms with E-state index in [-0.39, 0.29) is 11.2 Å². The first-order valence-electron chi connectivity index (χ1n) is 5.98. The van der Waals surface area contributed by atoms with Crippen LogP contribution in [0.15, 0.2) is 18.2 Å². The third-order valence-electron chi connectivity index (χ3n) is 3.89. The summed E-state index contributed by atoms with van der Waals surface area (Å²) in [5.74, 6) is -0.107. The van der Waals surface area contributed by atoms with Gasteiger partial charge in [0, 0.05) is 6.04 Å². The van der Waals surface area contributed by atoms with Crippen LogP contribution in [0, 0.1) is 12.7 Å². The fraction of sp³-hybridized carbons (Fsp3) is 0.571. The van der Waals surface area contributed by atoms with Gasteiger partial charge in [-0.25, -0.2) is 4.39 Å². The number of aryl methyl sites for hydroxylation is 1. The normalized spacial score (nSPS) is 29.6. The molecule has 1 nitrogen and oxygen atoms in total. The van der Waals surface area contributed by atoms with Gasteiger partial charge in [0.25, 0.3) is 0 Å². The van der Waals surface area contributed by atoms with Gasteiger partial charge in [-0.3, -0.25) is 0 Å². The summed E-state index contributed by atoms with van der Waals surface area (Å²) in [7, 11) is 2.01. The van der Waals surface area contributed by atoms with Crippen molar-refractivity contribution < 1.29 is 4.39 Å². The summed E-state index contributed by atoms with van der Waals surface area (Å²) in [5, 5.41) is 3.32. The van der Waals surface area contributed by atoms with Crippen LogP contribution < -0.4 is 5.32 Å². The van der Waals surface area contributed by atoms with Gasteiger partial charge in [-0.15, -0.1) is 0 Å². The summed E-state index contributed by atoms with van der Waals surface area (Å²) in [4.78, 5) is 0. The zero-order chi connectivity index (χ0) is 11.8. The van der Waals surface area contributed by atoms with Crippen LogP contribution >= 0.6 is 0 Å². The number of halogens is 1. The van der Waals surface area contributed by atoms with Gasteiger partial charge in [-0.1, -0.05) is 13.0 Å². The summed E-state index contributed by atoms with van der Waals surface area (Å²) >= 11 is 0. The first-order chi connectivity index (χ1) is 7.53. The van der Waals surface area contributed by atoms with Crippen molar-refractivity contribution in [2.45, 2.75) is 44.6 Å². The van der Waals surface area contributed by atoms with Gasteiger partial charge in [0.2, 0.25) is 0 Å². The molecule has 0 amide bonds. The summed E-state index contributed by atoms with van der Waals surface area (Å²) in [5.41, 5.74) is 2.31. The van der Waals surface area contributed by atoms with Gasteiger partial charge in [-0.05, 0) is 61.9 Å². The van der Waals surface area contributed by atoms with Gasteiger partial charge in [0.05, 0.1) is 0 Å². The van der Waals surface area contributed by atoms with Crippen molar-refractivity contribution in [3.8, 4) is 0 Å². The lowest BCUT2D eigenvalue weighted by Gasteiger charge is -2.25. The third kappa shape index (κ3) is 2.12. The highest BCUT2D eigenvalue weighted by molar-refractivity contribution is 5.31. The first kappa shape index (κ1) is 11.6. The van der Waals surface area contributed by atoms with E-state index in [0.717, 1.165) is 24.0 Å². The second kappa shape index (κ2) is 4.17. The maximum absolute atomic E-state index is 13.4. The highest BCUT2D eigenvalue weighted by Crippen LogP contribution is 2.41. The van der Waals surface area contributed by atoms with Crippen LogP contribution in [0.4, 0.5) is 4.39 Å². The van der Waals surface area contributed by atoms with E-state index in [1.165, 1.54) is 6.42 Å². The quantitative estimate of drug-likeness (QED) is 0.809. The molecule has 88 valence electrons. The average molecular weight is 221 g/mol. The molecule has 0 heterocycles. The number of benzene rings is 1. The molecular formula is C14H20FN. The summed E-state index contributed by atoms with van der Waals surface area (Å²) < 4.78 is 13.4. The minimum atomic E-state index is -0.107. The average Bonchev–Trinajstić information content (AvgIpc) is 2.60. The Labute approximate surface area is 97.1 Å². The molecule has 1 aliphatic rings. The Morgan fingerprint density at radius 1 is 1.38 bits per heavy atom. The van der Waals surface area contributed by atoms with E-state index in [4.69, 9.17) is 0 Å². The Kier molecular flexibility index (Phi) is 3.02. The predicted octanol–water partition coefficient (Wildman–Crippen LogP) is 3.16. The van der Waals surface area contributed by atoms with Gasteiger partial charge in [0.15, 0.2) is 0 Å². The Balaban J connectivity index is 2.29. The zero-order valence-electron chi connectivity index (χ0n) is 10.3. The molecule has 2 heteroatoms. The van der Waals surface area contributed by atoms with Gasteiger partial charge < -0.3 is 5.32 Å². The Hall–Kier alpha value is -0.890. The molecule has 16 heavy (non-hydrogen) atoms. The fourth-order valence-electron chi connectivity index (χ4n) is 2.83. The predicted molar refractivity (Wildman–Crippen MR) is 65.2 cm³/mol. The van der Waals surface area contributed by atoms with Crippen LogP contribution in [0.3, 0.4) is 0 Å². The molecule has 1 aromatic carbocycles. The molecule has 0 aromatic heterocycles. The second-order valence-electron chi connectivity index (χ2n) is 5.31. The van der Waals surface area contributed by atoms with Crippen molar-refractivity contribution in [2.75, 3.05) is 7.05 Å². The molecule has 0 spiro atoms. The maximum atomic E-state index is 13.4. The van der Waals surface area contributed by atoms with Crippen LogP contribution in [-0.2, 0) is 5.41 Å². The molecule has 2 atom stereocenters. The largest absolute Gasteiger partial charge is 0.317 e. The van der Waals surface area contributed by atoms with E-state index < -0.39 is 0 Å². The van der Waals surface area contributed by atoms with Crippen LogP contribution in [0.2, 0.25) is 0 Å². The molecule has 0 aliphatic heterocycles. The number of rotatable bonds is 2. The van der Waals surface area contributed by atoms with Gasteiger partial charge in [0.1, 0.15) is 5.82 Å². The number of hydrogen-bond acceptors (Lipinski definition) is 1. The molecule has 1 saturated carbocycles. The van der Waals surface area contributed by atoms with Crippen molar-refractivity contribution in [3.63, 3.8) is 0 Å². The smallest absolute Gasteiger partial charge is 0.123 e. The van der Waals surface area contributed by atoms with Crippen LogP contribution in [0.25, 0.3) is 0 Å². The van der Waals surface area contributed by atoms with Crippen molar-refractivity contribution in [3.05, 3.63) is 35.1 Å². The lowest BCUT2D eigenvalue weighted by Crippen LogP contribution is -2.25. The fourth-order valence-corrected chi connectivity index (χ4v) is 2.83. The lowest BCUT2D eigenvalue weighted by molar-refractivity contribution is 0.463. The monoisotopic (exact) mass is 221 g/mol. The van der Waals surface area contributed by atoms with Crippen molar-refractivity contribution >= 4 is 0 Å².